The number of aromatic carboxylic acids is 1. The fourth-order valence-corrected chi connectivity index (χ4v) is 1.36. The van der Waals surface area contributed by atoms with Gasteiger partial charge in [-0.25, -0.2) is 9.78 Å². The van der Waals surface area contributed by atoms with E-state index in [1.165, 1.54) is 13.3 Å². The quantitative estimate of drug-likeness (QED) is 0.832. The standard InChI is InChI=1S/C7H5Cl2NO3/c1-13-6-3(8)2-10-5(4(6)9)7(11)12/h2H,1H3,(H,11,12). The normalized spacial score (nSPS) is 9.77. The molecule has 1 heterocycles. The molecule has 6 heteroatoms. The van der Waals surface area contributed by atoms with Crippen molar-refractivity contribution in [3.63, 3.8) is 0 Å². The molecule has 0 atom stereocenters. The number of halogens is 2. The van der Waals surface area contributed by atoms with Gasteiger partial charge in [0, 0.05) is 0 Å². The van der Waals surface area contributed by atoms with E-state index in [0.717, 1.165) is 0 Å². The summed E-state index contributed by atoms with van der Waals surface area (Å²) < 4.78 is 4.80. The third kappa shape index (κ3) is 1.84. The van der Waals surface area contributed by atoms with Crippen molar-refractivity contribution in [2.75, 3.05) is 7.11 Å². The van der Waals surface area contributed by atoms with Crippen LogP contribution in [0.15, 0.2) is 6.20 Å². The summed E-state index contributed by atoms with van der Waals surface area (Å²) in [5, 5.41) is 8.71. The first-order valence-corrected chi connectivity index (χ1v) is 3.94. The SMILES string of the molecule is COc1c(Cl)cnc(C(=O)O)c1Cl. The van der Waals surface area contributed by atoms with Gasteiger partial charge in [0.2, 0.25) is 0 Å². The predicted molar refractivity (Wildman–Crippen MR) is 47.8 cm³/mol. The van der Waals surface area contributed by atoms with Crippen LogP contribution in [0, 0.1) is 0 Å². The second-order valence-corrected chi connectivity index (χ2v) is 2.89. The molecule has 0 saturated heterocycles. The minimum atomic E-state index is -1.22. The van der Waals surface area contributed by atoms with E-state index in [9.17, 15) is 4.79 Å². The van der Waals surface area contributed by atoms with E-state index in [4.69, 9.17) is 33.0 Å². The summed E-state index contributed by atoms with van der Waals surface area (Å²) >= 11 is 11.3. The van der Waals surface area contributed by atoms with Crippen molar-refractivity contribution in [3.8, 4) is 5.75 Å². The van der Waals surface area contributed by atoms with Crippen molar-refractivity contribution in [3.05, 3.63) is 21.9 Å². The summed E-state index contributed by atoms with van der Waals surface area (Å²) in [6.07, 6.45) is 1.18. The first kappa shape index (κ1) is 10.1. The minimum absolute atomic E-state index is 0.0949. The van der Waals surface area contributed by atoms with Crippen LogP contribution < -0.4 is 4.74 Å². The van der Waals surface area contributed by atoms with E-state index in [-0.39, 0.29) is 21.5 Å². The molecule has 0 aromatic carbocycles. The van der Waals surface area contributed by atoms with Gasteiger partial charge in [-0.2, -0.15) is 0 Å². The Morgan fingerprint density at radius 2 is 2.23 bits per heavy atom. The molecule has 1 aromatic rings. The lowest BCUT2D eigenvalue weighted by Crippen LogP contribution is -2.02. The molecule has 0 fully saturated rings. The highest BCUT2D eigenvalue weighted by molar-refractivity contribution is 6.38. The largest absolute Gasteiger partial charge is 0.493 e. The fraction of sp³-hybridized carbons (Fsp3) is 0.143. The van der Waals surface area contributed by atoms with E-state index in [1.807, 2.05) is 0 Å². The Balaban J connectivity index is 3.35. The topological polar surface area (TPSA) is 59.4 Å². The van der Waals surface area contributed by atoms with Crippen LogP contribution in [0.5, 0.6) is 5.75 Å². The maximum Gasteiger partial charge on any atom is 0.356 e. The lowest BCUT2D eigenvalue weighted by atomic mass is 10.3. The zero-order chi connectivity index (χ0) is 10.0. The molecule has 0 radical (unpaired) electrons. The molecule has 0 spiro atoms. The Morgan fingerprint density at radius 3 is 2.69 bits per heavy atom. The Bertz CT molecular complexity index is 354. The van der Waals surface area contributed by atoms with Crippen LogP contribution in [-0.4, -0.2) is 23.2 Å². The number of hydrogen-bond acceptors (Lipinski definition) is 3. The molecule has 0 amide bonds. The Labute approximate surface area is 84.1 Å². The Morgan fingerprint density at radius 1 is 1.62 bits per heavy atom. The molecule has 0 aliphatic heterocycles. The molecule has 0 aliphatic carbocycles. The van der Waals surface area contributed by atoms with Crippen LogP contribution in [0.3, 0.4) is 0 Å². The van der Waals surface area contributed by atoms with Gasteiger partial charge in [-0.1, -0.05) is 23.2 Å². The Hall–Kier alpha value is -1.00. The summed E-state index contributed by atoms with van der Waals surface area (Å²) in [6, 6.07) is 0. The maximum atomic E-state index is 10.6. The van der Waals surface area contributed by atoms with Gasteiger partial charge >= 0.3 is 5.97 Å². The first-order chi connectivity index (χ1) is 6.07. The van der Waals surface area contributed by atoms with Crippen LogP contribution >= 0.6 is 23.2 Å². The average Bonchev–Trinajstić information content (AvgIpc) is 2.04. The smallest absolute Gasteiger partial charge is 0.356 e. The number of ether oxygens (including phenoxy) is 1. The highest BCUT2D eigenvalue weighted by Crippen LogP contribution is 2.33. The number of methoxy groups -OCH3 is 1. The van der Waals surface area contributed by atoms with Gasteiger partial charge in [-0.15, -0.1) is 0 Å². The average molecular weight is 222 g/mol. The van der Waals surface area contributed by atoms with Gasteiger partial charge in [0.1, 0.15) is 10.0 Å². The Kier molecular flexibility index (Phi) is 2.95. The van der Waals surface area contributed by atoms with Gasteiger partial charge in [0.25, 0.3) is 0 Å². The number of carboxylic acids is 1. The second-order valence-electron chi connectivity index (χ2n) is 2.11. The summed E-state index contributed by atoms with van der Waals surface area (Å²) in [7, 11) is 1.35. The number of nitrogens with zero attached hydrogens (tertiary/aromatic N) is 1. The molecule has 1 aromatic heterocycles. The summed E-state index contributed by atoms with van der Waals surface area (Å²) in [4.78, 5) is 14.1. The minimum Gasteiger partial charge on any atom is -0.493 e. The van der Waals surface area contributed by atoms with E-state index in [2.05, 4.69) is 4.98 Å². The fourth-order valence-electron chi connectivity index (χ4n) is 0.785. The monoisotopic (exact) mass is 221 g/mol. The van der Waals surface area contributed by atoms with Gasteiger partial charge < -0.3 is 9.84 Å². The molecule has 1 rings (SSSR count). The van der Waals surface area contributed by atoms with Gasteiger partial charge in [0.15, 0.2) is 11.4 Å². The van der Waals surface area contributed by atoms with Gasteiger partial charge in [-0.05, 0) is 0 Å². The van der Waals surface area contributed by atoms with Crippen LogP contribution in [0.2, 0.25) is 10.0 Å². The molecule has 70 valence electrons. The predicted octanol–water partition coefficient (Wildman–Crippen LogP) is 2.10. The number of carboxylic acid groups (broad SMARTS) is 1. The molecule has 0 bridgehead atoms. The molecule has 13 heavy (non-hydrogen) atoms. The van der Waals surface area contributed by atoms with Crippen LogP contribution in [0.1, 0.15) is 10.5 Å². The molecular weight excluding hydrogens is 217 g/mol. The summed E-state index contributed by atoms with van der Waals surface area (Å²) in [5.41, 5.74) is -0.275. The number of hydrogen-bond donors (Lipinski definition) is 1. The van der Waals surface area contributed by atoms with Crippen molar-refractivity contribution in [2.45, 2.75) is 0 Å². The highest BCUT2D eigenvalue weighted by Gasteiger charge is 2.17. The van der Waals surface area contributed by atoms with Gasteiger partial charge in [-0.3, -0.25) is 0 Å². The molecule has 0 saturated carbocycles. The molecular formula is C7H5Cl2NO3. The van der Waals surface area contributed by atoms with E-state index in [1.54, 1.807) is 0 Å². The molecule has 0 aliphatic rings. The first-order valence-electron chi connectivity index (χ1n) is 3.19. The second kappa shape index (κ2) is 3.81. The van der Waals surface area contributed by atoms with Crippen molar-refractivity contribution >= 4 is 29.2 Å². The van der Waals surface area contributed by atoms with Crippen LogP contribution in [0.25, 0.3) is 0 Å². The van der Waals surface area contributed by atoms with Crippen LogP contribution in [0.4, 0.5) is 0 Å². The number of aromatic nitrogens is 1. The maximum absolute atomic E-state index is 10.6. The third-order valence-electron chi connectivity index (χ3n) is 1.34. The summed E-state index contributed by atoms with van der Waals surface area (Å²) in [5.74, 6) is -1.10. The van der Waals surface area contributed by atoms with Crippen molar-refractivity contribution in [1.29, 1.82) is 0 Å². The third-order valence-corrected chi connectivity index (χ3v) is 1.96. The highest BCUT2D eigenvalue weighted by atomic mass is 35.5. The van der Waals surface area contributed by atoms with Crippen LogP contribution in [-0.2, 0) is 0 Å². The van der Waals surface area contributed by atoms with E-state index < -0.39 is 5.97 Å². The lowest BCUT2D eigenvalue weighted by molar-refractivity contribution is 0.0690. The zero-order valence-corrected chi connectivity index (χ0v) is 8.06. The summed E-state index contributed by atoms with van der Waals surface area (Å²) in [6.45, 7) is 0. The van der Waals surface area contributed by atoms with Crippen molar-refractivity contribution in [1.82, 2.24) is 4.98 Å². The number of rotatable bonds is 2. The lowest BCUT2D eigenvalue weighted by Gasteiger charge is -2.05. The molecule has 0 unspecified atom stereocenters. The van der Waals surface area contributed by atoms with Crippen molar-refractivity contribution in [2.24, 2.45) is 0 Å². The molecule has 1 N–H and O–H groups in total. The zero-order valence-electron chi connectivity index (χ0n) is 6.54. The van der Waals surface area contributed by atoms with E-state index in [0.29, 0.717) is 0 Å². The van der Waals surface area contributed by atoms with Crippen molar-refractivity contribution < 1.29 is 14.6 Å². The molecule has 4 nitrogen and oxygen atoms in total. The van der Waals surface area contributed by atoms with Gasteiger partial charge in [0.05, 0.1) is 13.3 Å². The van der Waals surface area contributed by atoms with E-state index >= 15 is 0 Å². The number of carbonyl (C=O) groups is 1. The number of pyridine rings is 1.